The Balaban J connectivity index is 1.70. The minimum atomic E-state index is -0.493. The second kappa shape index (κ2) is 9.77. The van der Waals surface area contributed by atoms with Gasteiger partial charge in [-0.25, -0.2) is 9.97 Å². The van der Waals surface area contributed by atoms with E-state index in [0.717, 1.165) is 23.4 Å². The molecule has 0 spiro atoms. The van der Waals surface area contributed by atoms with E-state index in [1.165, 1.54) is 6.33 Å². The van der Waals surface area contributed by atoms with Crippen LogP contribution in [-0.4, -0.2) is 44.2 Å². The zero-order valence-corrected chi connectivity index (χ0v) is 20.6. The Morgan fingerprint density at radius 2 is 1.64 bits per heavy atom. The second-order valence-electron chi connectivity index (χ2n) is 8.40. The number of carbonyl (C=O) groups excluding carboxylic acids is 1. The zero-order valence-electron chi connectivity index (χ0n) is 20.6. The van der Waals surface area contributed by atoms with Crippen LogP contribution in [0.2, 0.25) is 0 Å². The quantitative estimate of drug-likeness (QED) is 0.502. The predicted molar refractivity (Wildman–Crippen MR) is 133 cm³/mol. The van der Waals surface area contributed by atoms with Crippen molar-refractivity contribution in [3.63, 3.8) is 0 Å². The van der Waals surface area contributed by atoms with Crippen molar-refractivity contribution in [2.24, 2.45) is 0 Å². The largest absolute Gasteiger partial charge is 0.497 e. The Bertz CT molecular complexity index is 1310. The third-order valence-corrected chi connectivity index (χ3v) is 6.43. The van der Waals surface area contributed by atoms with Crippen LogP contribution in [0.1, 0.15) is 36.3 Å². The Hall–Kier alpha value is -4.27. The SMILES string of the molecule is COc1ccc(Nc2ncnc3c2C(c2cc(OC)c(OC)c(OC)c2)C2=C(CCCC2=O)O3)cc1. The Labute approximate surface area is 209 Å². The highest BCUT2D eigenvalue weighted by molar-refractivity contribution is 6.00. The van der Waals surface area contributed by atoms with Gasteiger partial charge in [-0.1, -0.05) is 0 Å². The fraction of sp³-hybridized carbons (Fsp3) is 0.296. The summed E-state index contributed by atoms with van der Waals surface area (Å²) in [6, 6.07) is 11.2. The van der Waals surface area contributed by atoms with E-state index in [0.29, 0.717) is 58.7 Å². The molecule has 0 saturated carbocycles. The molecule has 186 valence electrons. The number of ketones is 1. The van der Waals surface area contributed by atoms with Gasteiger partial charge in [0.15, 0.2) is 17.3 Å². The number of hydrogen-bond acceptors (Lipinski definition) is 9. The molecule has 1 unspecified atom stereocenters. The molecule has 2 aromatic carbocycles. The summed E-state index contributed by atoms with van der Waals surface area (Å²) < 4.78 is 28.2. The highest BCUT2D eigenvalue weighted by atomic mass is 16.5. The first-order valence-electron chi connectivity index (χ1n) is 11.6. The third-order valence-electron chi connectivity index (χ3n) is 6.43. The summed E-state index contributed by atoms with van der Waals surface area (Å²) in [6.45, 7) is 0. The van der Waals surface area contributed by atoms with E-state index in [9.17, 15) is 4.79 Å². The third kappa shape index (κ3) is 4.06. The van der Waals surface area contributed by atoms with E-state index in [1.54, 1.807) is 28.4 Å². The van der Waals surface area contributed by atoms with Gasteiger partial charge in [0.25, 0.3) is 0 Å². The van der Waals surface area contributed by atoms with Gasteiger partial charge in [-0.15, -0.1) is 0 Å². The number of fused-ring (bicyclic) bond motifs is 1. The molecule has 2 heterocycles. The minimum Gasteiger partial charge on any atom is -0.497 e. The van der Waals surface area contributed by atoms with Crippen LogP contribution >= 0.6 is 0 Å². The summed E-state index contributed by atoms with van der Waals surface area (Å²) in [5, 5.41) is 3.37. The maximum atomic E-state index is 13.3. The maximum absolute atomic E-state index is 13.3. The van der Waals surface area contributed by atoms with Gasteiger partial charge in [0.2, 0.25) is 11.6 Å². The summed E-state index contributed by atoms with van der Waals surface area (Å²) >= 11 is 0. The number of rotatable bonds is 7. The van der Waals surface area contributed by atoms with E-state index in [1.807, 2.05) is 36.4 Å². The van der Waals surface area contributed by atoms with Crippen LogP contribution in [0.4, 0.5) is 11.5 Å². The normalized spacial score (nSPS) is 16.4. The van der Waals surface area contributed by atoms with Gasteiger partial charge >= 0.3 is 0 Å². The summed E-state index contributed by atoms with van der Waals surface area (Å²) in [5.74, 6) is 3.34. The smallest absolute Gasteiger partial charge is 0.228 e. The fourth-order valence-electron chi connectivity index (χ4n) is 4.76. The first kappa shape index (κ1) is 23.5. The molecule has 0 radical (unpaired) electrons. The Kier molecular flexibility index (Phi) is 6.37. The number of Topliss-reactive ketones (excluding diaryl/α,β-unsaturated/α-hetero) is 1. The highest BCUT2D eigenvalue weighted by Crippen LogP contribution is 2.51. The lowest BCUT2D eigenvalue weighted by atomic mass is 9.77. The van der Waals surface area contributed by atoms with Gasteiger partial charge in [0, 0.05) is 24.1 Å². The van der Waals surface area contributed by atoms with Crippen molar-refractivity contribution in [3.05, 3.63) is 65.2 Å². The van der Waals surface area contributed by atoms with Crippen LogP contribution in [0.25, 0.3) is 0 Å². The Morgan fingerprint density at radius 1 is 0.917 bits per heavy atom. The molecule has 3 aromatic rings. The summed E-state index contributed by atoms with van der Waals surface area (Å²) in [6.07, 6.45) is 3.30. The molecule has 1 aliphatic heterocycles. The average Bonchev–Trinajstić information content (AvgIpc) is 2.91. The molecule has 1 aromatic heterocycles. The first-order chi connectivity index (χ1) is 17.6. The van der Waals surface area contributed by atoms with Gasteiger partial charge < -0.3 is 29.0 Å². The number of benzene rings is 2. The van der Waals surface area contributed by atoms with Crippen LogP contribution < -0.4 is 29.0 Å². The molecule has 0 saturated heterocycles. The predicted octanol–water partition coefficient (Wildman–Crippen LogP) is 4.79. The molecule has 36 heavy (non-hydrogen) atoms. The molecule has 5 rings (SSSR count). The topological polar surface area (TPSA) is 101 Å². The number of carbonyl (C=O) groups is 1. The molecule has 9 nitrogen and oxygen atoms in total. The molecule has 0 fully saturated rings. The zero-order chi connectivity index (χ0) is 25.2. The molecular weight excluding hydrogens is 462 g/mol. The maximum Gasteiger partial charge on any atom is 0.228 e. The molecular formula is C27H27N3O6. The summed E-state index contributed by atoms with van der Waals surface area (Å²) in [4.78, 5) is 22.3. The van der Waals surface area contributed by atoms with Crippen LogP contribution in [0.5, 0.6) is 28.9 Å². The number of aromatic nitrogens is 2. The molecule has 0 bridgehead atoms. The van der Waals surface area contributed by atoms with E-state index < -0.39 is 5.92 Å². The number of anilines is 2. The van der Waals surface area contributed by atoms with Gasteiger partial charge in [0.05, 0.1) is 39.9 Å². The van der Waals surface area contributed by atoms with Crippen molar-refractivity contribution in [2.75, 3.05) is 33.8 Å². The molecule has 0 amide bonds. The van der Waals surface area contributed by atoms with Crippen molar-refractivity contribution < 1.29 is 28.5 Å². The minimum absolute atomic E-state index is 0.0416. The van der Waals surface area contributed by atoms with Gasteiger partial charge in [-0.2, -0.15) is 0 Å². The second-order valence-corrected chi connectivity index (χ2v) is 8.40. The van der Waals surface area contributed by atoms with E-state index in [4.69, 9.17) is 23.7 Å². The molecule has 1 aliphatic carbocycles. The van der Waals surface area contributed by atoms with Crippen molar-refractivity contribution >= 4 is 17.3 Å². The lowest BCUT2D eigenvalue weighted by Gasteiger charge is -2.33. The number of allylic oxidation sites excluding steroid dienone is 2. The molecule has 1 N–H and O–H groups in total. The average molecular weight is 490 g/mol. The van der Waals surface area contributed by atoms with Crippen molar-refractivity contribution in [2.45, 2.75) is 25.2 Å². The number of methoxy groups -OCH3 is 4. The van der Waals surface area contributed by atoms with Crippen LogP contribution in [0.3, 0.4) is 0 Å². The highest BCUT2D eigenvalue weighted by Gasteiger charge is 2.40. The van der Waals surface area contributed by atoms with Gasteiger partial charge in [-0.05, 0) is 48.4 Å². The fourth-order valence-corrected chi connectivity index (χ4v) is 4.76. The summed E-state index contributed by atoms with van der Waals surface area (Å²) in [7, 11) is 6.30. The molecule has 9 heteroatoms. The lowest BCUT2D eigenvalue weighted by Crippen LogP contribution is -2.27. The van der Waals surface area contributed by atoms with Crippen LogP contribution in [-0.2, 0) is 4.79 Å². The molecule has 1 atom stereocenters. The lowest BCUT2D eigenvalue weighted by molar-refractivity contribution is -0.116. The number of hydrogen-bond donors (Lipinski definition) is 1. The monoisotopic (exact) mass is 489 g/mol. The van der Waals surface area contributed by atoms with Gasteiger partial charge in [-0.3, -0.25) is 4.79 Å². The van der Waals surface area contributed by atoms with Gasteiger partial charge in [0.1, 0.15) is 23.7 Å². The molecule has 2 aliphatic rings. The van der Waals surface area contributed by atoms with Crippen molar-refractivity contribution in [1.82, 2.24) is 9.97 Å². The number of nitrogens with one attached hydrogen (secondary N) is 1. The van der Waals surface area contributed by atoms with Crippen molar-refractivity contribution in [3.8, 4) is 28.9 Å². The van der Waals surface area contributed by atoms with E-state index >= 15 is 0 Å². The first-order valence-corrected chi connectivity index (χ1v) is 11.6. The number of ether oxygens (including phenoxy) is 5. The van der Waals surface area contributed by atoms with Crippen molar-refractivity contribution in [1.29, 1.82) is 0 Å². The Morgan fingerprint density at radius 3 is 2.28 bits per heavy atom. The standard InChI is InChI=1S/C27H27N3O6/c1-32-17-10-8-16(9-11-17)30-26-24-22(15-12-20(33-2)25(35-4)21(13-15)34-3)23-18(31)6-5-7-19(23)36-27(24)29-14-28-26/h8-14,22H,5-7H2,1-4H3,(H,28,29,30). The van der Waals surface area contributed by atoms with E-state index in [-0.39, 0.29) is 5.78 Å². The van der Waals surface area contributed by atoms with Crippen LogP contribution in [0, 0.1) is 0 Å². The van der Waals surface area contributed by atoms with Crippen LogP contribution in [0.15, 0.2) is 54.1 Å². The summed E-state index contributed by atoms with van der Waals surface area (Å²) in [5.41, 5.74) is 2.85. The number of nitrogens with zero attached hydrogens (tertiary/aromatic N) is 2. The van der Waals surface area contributed by atoms with E-state index in [2.05, 4.69) is 15.3 Å².